The van der Waals surface area contributed by atoms with Crippen molar-refractivity contribution >= 4 is 55.0 Å². The molecule has 20 heavy (non-hydrogen) atoms. The van der Waals surface area contributed by atoms with Crippen LogP contribution in [0.4, 0.5) is 4.79 Å². The minimum absolute atomic E-state index is 0. The van der Waals surface area contributed by atoms with E-state index in [-0.39, 0.29) is 51.7 Å². The van der Waals surface area contributed by atoms with Crippen LogP contribution in [0.25, 0.3) is 0 Å². The zero-order chi connectivity index (χ0) is 14.5. The van der Waals surface area contributed by atoms with Gasteiger partial charge in [0.15, 0.2) is 0 Å². The SMILES string of the molecule is CCCCCCCCc1ccccc1O.O=C(O)O.[Ba+2].[H-].[H-]. The fraction of sp³-hybridized carbons (Fsp3) is 0.533. The van der Waals surface area contributed by atoms with Crippen molar-refractivity contribution in [1.29, 1.82) is 0 Å². The summed E-state index contributed by atoms with van der Waals surface area (Å²) < 4.78 is 0. The van der Waals surface area contributed by atoms with Crippen molar-refractivity contribution < 1.29 is 23.0 Å². The topological polar surface area (TPSA) is 77.8 Å². The fourth-order valence-electron chi connectivity index (χ4n) is 1.82. The van der Waals surface area contributed by atoms with Crippen LogP contribution in [0.5, 0.6) is 5.75 Å². The van der Waals surface area contributed by atoms with Crippen LogP contribution in [0, 0.1) is 0 Å². The summed E-state index contributed by atoms with van der Waals surface area (Å²) in [6, 6.07) is 7.65. The molecule has 1 rings (SSSR count). The Morgan fingerprint density at radius 3 is 2.10 bits per heavy atom. The van der Waals surface area contributed by atoms with Crippen molar-refractivity contribution in [3.8, 4) is 5.75 Å². The van der Waals surface area contributed by atoms with E-state index in [0.29, 0.717) is 5.75 Å². The Bertz CT molecular complexity index is 361. The van der Waals surface area contributed by atoms with Gasteiger partial charge in [-0.05, 0) is 24.5 Å². The number of rotatable bonds is 7. The van der Waals surface area contributed by atoms with Gasteiger partial charge in [0.25, 0.3) is 0 Å². The van der Waals surface area contributed by atoms with Gasteiger partial charge in [-0.25, -0.2) is 4.79 Å². The fourth-order valence-corrected chi connectivity index (χ4v) is 1.82. The summed E-state index contributed by atoms with van der Waals surface area (Å²) in [4.78, 5) is 8.56. The average Bonchev–Trinajstić information content (AvgIpc) is 2.35. The maximum atomic E-state index is 9.55. The van der Waals surface area contributed by atoms with Gasteiger partial charge in [0, 0.05) is 0 Å². The van der Waals surface area contributed by atoms with Gasteiger partial charge in [-0.15, -0.1) is 0 Å². The number of carboxylic acid groups (broad SMARTS) is 2. The van der Waals surface area contributed by atoms with E-state index in [1.165, 1.54) is 38.5 Å². The number of unbranched alkanes of at least 4 members (excludes halogenated alkanes) is 5. The van der Waals surface area contributed by atoms with Gasteiger partial charge in [-0.1, -0.05) is 57.2 Å². The number of para-hydroxylation sites is 1. The van der Waals surface area contributed by atoms with Crippen molar-refractivity contribution in [1.82, 2.24) is 0 Å². The van der Waals surface area contributed by atoms with Crippen LogP contribution in [0.2, 0.25) is 0 Å². The Morgan fingerprint density at radius 2 is 1.55 bits per heavy atom. The van der Waals surface area contributed by atoms with Crippen LogP contribution in [0.15, 0.2) is 24.3 Å². The third-order valence-electron chi connectivity index (χ3n) is 2.79. The molecule has 0 amide bonds. The van der Waals surface area contributed by atoms with Crippen LogP contribution >= 0.6 is 0 Å². The number of hydrogen-bond acceptors (Lipinski definition) is 2. The van der Waals surface area contributed by atoms with Gasteiger partial charge in [0.2, 0.25) is 0 Å². The molecule has 4 nitrogen and oxygen atoms in total. The smallest absolute Gasteiger partial charge is 1.00 e. The monoisotopic (exact) mass is 408 g/mol. The van der Waals surface area contributed by atoms with E-state index < -0.39 is 6.16 Å². The second-order valence-corrected chi connectivity index (χ2v) is 4.43. The van der Waals surface area contributed by atoms with Gasteiger partial charge < -0.3 is 18.2 Å². The van der Waals surface area contributed by atoms with Crippen LogP contribution in [-0.2, 0) is 6.42 Å². The second kappa shape index (κ2) is 15.3. The van der Waals surface area contributed by atoms with Gasteiger partial charge in [-0.3, -0.25) is 0 Å². The molecule has 0 unspecified atom stereocenters. The predicted octanol–water partition coefficient (Wildman–Crippen LogP) is 4.36. The van der Waals surface area contributed by atoms with Crippen LogP contribution in [0.1, 0.15) is 53.9 Å². The molecule has 0 bridgehead atoms. The van der Waals surface area contributed by atoms with Crippen LogP contribution < -0.4 is 0 Å². The maximum Gasteiger partial charge on any atom is 2.00 e. The predicted molar refractivity (Wildman–Crippen MR) is 83.8 cm³/mol. The molecule has 3 N–H and O–H groups in total. The van der Waals surface area contributed by atoms with E-state index in [4.69, 9.17) is 15.0 Å². The van der Waals surface area contributed by atoms with Crippen LogP contribution in [-0.4, -0.2) is 70.4 Å². The number of hydrogen-bond donors (Lipinski definition) is 3. The van der Waals surface area contributed by atoms with Crippen molar-refractivity contribution in [2.24, 2.45) is 0 Å². The molecule has 0 spiro atoms. The van der Waals surface area contributed by atoms with E-state index in [1.807, 2.05) is 18.2 Å². The molecule has 0 heterocycles. The Kier molecular flexibility index (Phi) is 16.9. The number of phenolic OH excluding ortho intramolecular Hbond substituents is 1. The summed E-state index contributed by atoms with van der Waals surface area (Å²) in [5.41, 5.74) is 1.09. The van der Waals surface area contributed by atoms with Crippen molar-refractivity contribution in [2.75, 3.05) is 0 Å². The second-order valence-electron chi connectivity index (χ2n) is 4.43. The number of aromatic hydroxyl groups is 1. The van der Waals surface area contributed by atoms with Crippen LogP contribution in [0.3, 0.4) is 0 Å². The zero-order valence-corrected chi connectivity index (χ0v) is 16.7. The molecular weight excluding hydrogens is 381 g/mol. The molecule has 0 atom stereocenters. The quantitative estimate of drug-likeness (QED) is 0.463. The molecule has 0 saturated carbocycles. The standard InChI is InChI=1S/C14H22O.CH2O3.Ba.2H/c1-2-3-4-5-6-7-10-13-11-8-9-12-14(13)15;2-1(3)4;;;/h8-9,11-12,15H,2-7,10H2,1H3;(H2,2,3,4);;;/q;;+2;2*-1. The Labute approximate surface area is 164 Å². The molecule has 0 aromatic heterocycles. The minimum atomic E-state index is -1.83. The van der Waals surface area contributed by atoms with Crippen molar-refractivity contribution in [2.45, 2.75) is 51.9 Å². The number of phenols is 1. The summed E-state index contributed by atoms with van der Waals surface area (Å²) in [6.45, 7) is 2.24. The normalized spacial score (nSPS) is 9.05. The van der Waals surface area contributed by atoms with E-state index in [9.17, 15) is 5.11 Å². The first kappa shape index (κ1) is 22.1. The Hall–Kier alpha value is -0.139. The van der Waals surface area contributed by atoms with Gasteiger partial charge in [0.05, 0.1) is 0 Å². The van der Waals surface area contributed by atoms with Crippen molar-refractivity contribution in [3.05, 3.63) is 29.8 Å². The summed E-state index contributed by atoms with van der Waals surface area (Å²) >= 11 is 0. The first-order valence-corrected chi connectivity index (χ1v) is 6.76. The average molecular weight is 408 g/mol. The van der Waals surface area contributed by atoms with E-state index in [1.54, 1.807) is 6.07 Å². The van der Waals surface area contributed by atoms with E-state index >= 15 is 0 Å². The largest absolute Gasteiger partial charge is 2.00 e. The molecule has 0 aliphatic rings. The molecule has 5 heteroatoms. The Balaban J connectivity index is -0.000000208. The molecule has 0 saturated heterocycles. The Morgan fingerprint density at radius 1 is 1.05 bits per heavy atom. The molecule has 0 radical (unpaired) electrons. The maximum absolute atomic E-state index is 9.55. The number of benzene rings is 1. The van der Waals surface area contributed by atoms with Gasteiger partial charge >= 0.3 is 55.0 Å². The molecule has 0 aliphatic carbocycles. The summed E-state index contributed by atoms with van der Waals surface area (Å²) in [5.74, 6) is 0.450. The van der Waals surface area contributed by atoms with Gasteiger partial charge in [0.1, 0.15) is 5.75 Å². The molecule has 1 aromatic rings. The molecule has 1 aromatic carbocycles. The van der Waals surface area contributed by atoms with E-state index in [0.717, 1.165) is 12.0 Å². The minimum Gasteiger partial charge on any atom is -1.00 e. The third-order valence-corrected chi connectivity index (χ3v) is 2.79. The number of carbonyl (C=O) groups is 1. The molecule has 0 aliphatic heterocycles. The zero-order valence-electron chi connectivity index (χ0n) is 14.2. The summed E-state index contributed by atoms with van der Waals surface area (Å²) in [7, 11) is 0. The third kappa shape index (κ3) is 14.3. The molecule has 0 fully saturated rings. The van der Waals surface area contributed by atoms with Gasteiger partial charge in [-0.2, -0.15) is 0 Å². The van der Waals surface area contributed by atoms with Crippen molar-refractivity contribution in [3.63, 3.8) is 0 Å². The molecule has 112 valence electrons. The summed E-state index contributed by atoms with van der Waals surface area (Å²) in [5, 5.41) is 23.5. The molecular formula is C15H26BaO4. The first-order valence-electron chi connectivity index (χ1n) is 6.76. The number of aryl methyl sites for hydroxylation is 1. The van der Waals surface area contributed by atoms with E-state index in [2.05, 4.69) is 6.92 Å². The summed E-state index contributed by atoms with van der Waals surface area (Å²) in [6.07, 6.45) is 7.02. The first-order chi connectivity index (χ1) is 9.07.